The first-order chi connectivity index (χ1) is 15.0. The monoisotopic (exact) mass is 422 g/mol. The molecule has 0 radical (unpaired) electrons. The van der Waals surface area contributed by atoms with Gasteiger partial charge in [0.2, 0.25) is 5.91 Å². The fourth-order valence-electron chi connectivity index (χ4n) is 4.21. The fourth-order valence-corrected chi connectivity index (χ4v) is 4.21. The number of hydrogen-bond acceptors (Lipinski definition) is 4. The number of carbonyl (C=O) groups is 3. The number of benzene rings is 1. The largest absolute Gasteiger partial charge is 0.356 e. The first kappa shape index (κ1) is 21.3. The van der Waals surface area contributed by atoms with Crippen LogP contribution in [-0.4, -0.2) is 83.1 Å². The van der Waals surface area contributed by atoms with Gasteiger partial charge in [0.25, 0.3) is 5.91 Å². The van der Waals surface area contributed by atoms with Crippen molar-refractivity contribution < 1.29 is 14.4 Å². The van der Waals surface area contributed by atoms with Crippen LogP contribution in [0.3, 0.4) is 0 Å². The summed E-state index contributed by atoms with van der Waals surface area (Å²) in [4.78, 5) is 46.5. The van der Waals surface area contributed by atoms with Gasteiger partial charge in [-0.2, -0.15) is 0 Å². The zero-order valence-corrected chi connectivity index (χ0v) is 18.1. The number of nitrogens with one attached hydrogen (secondary N) is 1. The van der Waals surface area contributed by atoms with Gasteiger partial charge in [0.05, 0.1) is 13.0 Å². The molecule has 2 aliphatic heterocycles. The van der Waals surface area contributed by atoms with Crippen LogP contribution in [0.5, 0.6) is 0 Å². The van der Waals surface area contributed by atoms with E-state index in [9.17, 15) is 14.4 Å². The molecule has 0 aliphatic carbocycles. The summed E-state index contributed by atoms with van der Waals surface area (Å²) in [7, 11) is 0. The highest BCUT2D eigenvalue weighted by atomic mass is 16.2. The first-order valence-electron chi connectivity index (χ1n) is 11.1. The van der Waals surface area contributed by atoms with Gasteiger partial charge < -0.3 is 14.8 Å². The number of H-pyrrole nitrogens is 1. The highest BCUT2D eigenvalue weighted by Gasteiger charge is 2.25. The third-order valence-electron chi connectivity index (χ3n) is 6.20. The third kappa shape index (κ3) is 5.22. The Hall–Kier alpha value is -2.93. The van der Waals surface area contributed by atoms with Crippen LogP contribution >= 0.6 is 0 Å². The number of rotatable bonds is 6. The van der Waals surface area contributed by atoms with Gasteiger partial charge in [-0.15, -0.1) is 0 Å². The maximum Gasteiger partial charge on any atom is 0.270 e. The van der Waals surface area contributed by atoms with Crippen molar-refractivity contribution in [2.24, 2.45) is 0 Å². The Balaban J connectivity index is 1.25. The van der Waals surface area contributed by atoms with Gasteiger partial charge in [0, 0.05) is 51.0 Å². The Labute approximate surface area is 183 Å². The smallest absolute Gasteiger partial charge is 0.270 e. The van der Waals surface area contributed by atoms with E-state index in [1.807, 2.05) is 41.0 Å². The number of likely N-dealkylation sites (tertiary alicyclic amines) is 1. The summed E-state index contributed by atoms with van der Waals surface area (Å²) < 4.78 is 0. The SMILES string of the molecule is Cc1ccc(CC(=O)N2CCN(CC(=O)c3c[nH]c(C(=O)N4CCCC4)c3)CC2)cc1. The number of Topliss-reactive ketones (excluding diaryl/α,β-unsaturated/α-hetero) is 1. The van der Waals surface area contributed by atoms with Crippen LogP contribution in [0.1, 0.15) is 44.8 Å². The minimum atomic E-state index is -0.0303. The molecule has 0 bridgehead atoms. The van der Waals surface area contributed by atoms with E-state index in [1.165, 1.54) is 5.56 Å². The predicted molar refractivity (Wildman–Crippen MR) is 118 cm³/mol. The minimum absolute atomic E-state index is 0.00356. The second-order valence-corrected chi connectivity index (χ2v) is 8.54. The van der Waals surface area contributed by atoms with E-state index in [1.54, 1.807) is 12.3 Å². The van der Waals surface area contributed by atoms with Crippen LogP contribution in [0.2, 0.25) is 0 Å². The summed E-state index contributed by atoms with van der Waals surface area (Å²) in [6.07, 6.45) is 4.12. The quantitative estimate of drug-likeness (QED) is 0.724. The second kappa shape index (κ2) is 9.47. The van der Waals surface area contributed by atoms with Gasteiger partial charge in [0.15, 0.2) is 5.78 Å². The molecule has 2 aromatic rings. The molecule has 7 nitrogen and oxygen atoms in total. The average Bonchev–Trinajstić information content (AvgIpc) is 3.48. The van der Waals surface area contributed by atoms with Gasteiger partial charge in [-0.05, 0) is 31.4 Å². The van der Waals surface area contributed by atoms with Crippen LogP contribution in [-0.2, 0) is 11.2 Å². The molecule has 1 N–H and O–H groups in total. The van der Waals surface area contributed by atoms with E-state index >= 15 is 0 Å². The molecular formula is C24H30N4O3. The number of aryl methyl sites for hydroxylation is 1. The lowest BCUT2D eigenvalue weighted by atomic mass is 10.1. The molecule has 2 aliphatic rings. The normalized spacial score (nSPS) is 17.2. The molecule has 2 fully saturated rings. The zero-order chi connectivity index (χ0) is 21.8. The second-order valence-electron chi connectivity index (χ2n) is 8.54. The molecule has 0 spiro atoms. The van der Waals surface area contributed by atoms with Crippen LogP contribution in [0.25, 0.3) is 0 Å². The molecule has 3 heterocycles. The Kier molecular flexibility index (Phi) is 6.51. The minimum Gasteiger partial charge on any atom is -0.356 e. The summed E-state index contributed by atoms with van der Waals surface area (Å²) >= 11 is 0. The number of hydrogen-bond donors (Lipinski definition) is 1. The highest BCUT2D eigenvalue weighted by molar-refractivity contribution is 6.01. The molecule has 0 atom stereocenters. The summed E-state index contributed by atoms with van der Waals surface area (Å²) in [5, 5.41) is 0. The van der Waals surface area contributed by atoms with Crippen molar-refractivity contribution in [3.8, 4) is 0 Å². The van der Waals surface area contributed by atoms with Crippen molar-refractivity contribution in [2.45, 2.75) is 26.2 Å². The number of aromatic amines is 1. The molecule has 2 saturated heterocycles. The molecule has 31 heavy (non-hydrogen) atoms. The number of ketones is 1. The summed E-state index contributed by atoms with van der Waals surface area (Å²) in [5.74, 6) is 0.0962. The number of amides is 2. The van der Waals surface area contributed by atoms with Crippen molar-refractivity contribution in [1.82, 2.24) is 19.7 Å². The number of nitrogens with zero attached hydrogens (tertiary/aromatic N) is 3. The van der Waals surface area contributed by atoms with Gasteiger partial charge in [-0.25, -0.2) is 0 Å². The number of piperazine rings is 1. The Morgan fingerprint density at radius 3 is 2.26 bits per heavy atom. The zero-order valence-electron chi connectivity index (χ0n) is 18.1. The molecule has 0 saturated carbocycles. The van der Waals surface area contributed by atoms with Gasteiger partial charge in [-0.1, -0.05) is 29.8 Å². The fraction of sp³-hybridized carbons (Fsp3) is 0.458. The Morgan fingerprint density at radius 2 is 1.58 bits per heavy atom. The lowest BCUT2D eigenvalue weighted by molar-refractivity contribution is -0.132. The highest BCUT2D eigenvalue weighted by Crippen LogP contribution is 2.14. The maximum atomic E-state index is 12.7. The van der Waals surface area contributed by atoms with Gasteiger partial charge in [0.1, 0.15) is 5.69 Å². The van der Waals surface area contributed by atoms with E-state index in [0.29, 0.717) is 50.4 Å². The van der Waals surface area contributed by atoms with Crippen molar-refractivity contribution in [3.05, 3.63) is 58.9 Å². The van der Waals surface area contributed by atoms with Crippen LogP contribution < -0.4 is 0 Å². The van der Waals surface area contributed by atoms with E-state index in [4.69, 9.17) is 0 Å². The van der Waals surface area contributed by atoms with Crippen LogP contribution in [0.15, 0.2) is 36.5 Å². The van der Waals surface area contributed by atoms with Crippen molar-refractivity contribution in [1.29, 1.82) is 0 Å². The van der Waals surface area contributed by atoms with E-state index in [2.05, 4.69) is 9.88 Å². The topological polar surface area (TPSA) is 76.7 Å². The molecule has 7 heteroatoms. The van der Waals surface area contributed by atoms with Crippen LogP contribution in [0, 0.1) is 6.92 Å². The average molecular weight is 423 g/mol. The van der Waals surface area contributed by atoms with Crippen molar-refractivity contribution in [2.75, 3.05) is 45.8 Å². The van der Waals surface area contributed by atoms with Crippen molar-refractivity contribution >= 4 is 17.6 Å². The molecular weight excluding hydrogens is 392 g/mol. The summed E-state index contributed by atoms with van der Waals surface area (Å²) in [6.45, 7) is 6.52. The Bertz CT molecular complexity index is 936. The molecule has 0 unspecified atom stereocenters. The molecule has 4 rings (SSSR count). The summed E-state index contributed by atoms with van der Waals surface area (Å²) in [5.41, 5.74) is 3.24. The molecule has 1 aromatic carbocycles. The third-order valence-corrected chi connectivity index (χ3v) is 6.20. The first-order valence-corrected chi connectivity index (χ1v) is 11.1. The molecule has 1 aromatic heterocycles. The summed E-state index contributed by atoms with van der Waals surface area (Å²) in [6, 6.07) is 9.72. The van der Waals surface area contributed by atoms with Gasteiger partial charge in [-0.3, -0.25) is 19.3 Å². The standard InChI is InChI=1S/C24H30N4O3/c1-18-4-6-19(7-5-18)14-23(30)27-12-10-26(11-13-27)17-22(29)20-15-21(25-16-20)24(31)28-8-2-3-9-28/h4-7,15-16,25H,2-3,8-14,17H2,1H3. The van der Waals surface area contributed by atoms with Gasteiger partial charge >= 0.3 is 0 Å². The predicted octanol–water partition coefficient (Wildman–Crippen LogP) is 2.13. The lowest BCUT2D eigenvalue weighted by Gasteiger charge is -2.34. The number of aromatic nitrogens is 1. The number of carbonyl (C=O) groups excluding carboxylic acids is 3. The van der Waals surface area contributed by atoms with Crippen LogP contribution in [0.4, 0.5) is 0 Å². The van der Waals surface area contributed by atoms with Crippen molar-refractivity contribution in [3.63, 3.8) is 0 Å². The Morgan fingerprint density at radius 1 is 0.903 bits per heavy atom. The van der Waals surface area contributed by atoms with E-state index in [-0.39, 0.29) is 17.6 Å². The molecule has 2 amide bonds. The van der Waals surface area contributed by atoms with E-state index < -0.39 is 0 Å². The van der Waals surface area contributed by atoms with E-state index in [0.717, 1.165) is 31.5 Å². The molecule has 164 valence electrons. The maximum absolute atomic E-state index is 12.7. The lowest BCUT2D eigenvalue weighted by Crippen LogP contribution is -2.50.